The Balaban J connectivity index is 2.45. The number of nitrogens with zero attached hydrogens (tertiary/aromatic N) is 1. The zero-order chi connectivity index (χ0) is 16.9. The zero-order valence-corrected chi connectivity index (χ0v) is 14.3. The van der Waals surface area contributed by atoms with Crippen LogP contribution in [0, 0.1) is 0 Å². The number of benzene rings is 2. The van der Waals surface area contributed by atoms with Crippen LogP contribution in [0.4, 0.5) is 0 Å². The first-order valence-corrected chi connectivity index (χ1v) is 8.11. The van der Waals surface area contributed by atoms with Gasteiger partial charge in [-0.2, -0.15) is 0 Å². The molecule has 0 unspecified atom stereocenters. The van der Waals surface area contributed by atoms with Crippen LogP contribution in [0.3, 0.4) is 0 Å². The summed E-state index contributed by atoms with van der Waals surface area (Å²) in [5.41, 5.74) is 2.47. The summed E-state index contributed by atoms with van der Waals surface area (Å²) in [7, 11) is 6.07. The van der Waals surface area contributed by atoms with Gasteiger partial charge >= 0.3 is 0 Å². The van der Waals surface area contributed by atoms with Crippen LogP contribution in [0.15, 0.2) is 48.5 Å². The van der Waals surface area contributed by atoms with Crippen molar-refractivity contribution in [2.45, 2.75) is 25.0 Å². The maximum Gasteiger partial charge on any atom is 0.139 e. The average Bonchev–Trinajstić information content (AvgIpc) is 2.55. The second kappa shape index (κ2) is 7.78. The highest BCUT2D eigenvalue weighted by atomic mass is 16.3. The predicted octanol–water partition coefficient (Wildman–Crippen LogP) is 1.01. The fourth-order valence-electron chi connectivity index (χ4n) is 3.06. The fraction of sp³-hybridized carbons (Fsp3) is 0.368. The van der Waals surface area contributed by atoms with Crippen molar-refractivity contribution in [3.05, 3.63) is 65.2 Å². The van der Waals surface area contributed by atoms with Crippen molar-refractivity contribution in [1.29, 1.82) is 0 Å². The third-order valence-electron chi connectivity index (χ3n) is 4.27. The van der Waals surface area contributed by atoms with Crippen molar-refractivity contribution in [1.82, 2.24) is 4.90 Å². The molecule has 2 aromatic carbocycles. The smallest absolute Gasteiger partial charge is 0.139 e. The number of aliphatic hydroxyl groups excluding tert-OH is 1. The van der Waals surface area contributed by atoms with Gasteiger partial charge in [0.25, 0.3) is 0 Å². The molecule has 0 aromatic heterocycles. The molecule has 2 aromatic rings. The molecule has 2 N–H and O–H groups in total. The van der Waals surface area contributed by atoms with E-state index >= 15 is 0 Å². The molecular formula is C19H26BNO2. The van der Waals surface area contributed by atoms with E-state index in [-0.39, 0.29) is 6.61 Å². The molecule has 122 valence electrons. The van der Waals surface area contributed by atoms with Gasteiger partial charge in [-0.1, -0.05) is 54.0 Å². The van der Waals surface area contributed by atoms with Gasteiger partial charge in [-0.15, -0.1) is 0 Å². The summed E-state index contributed by atoms with van der Waals surface area (Å²) in [6.45, 7) is 0.843. The molecule has 0 aliphatic heterocycles. The van der Waals surface area contributed by atoms with Gasteiger partial charge in [-0.05, 0) is 50.2 Å². The van der Waals surface area contributed by atoms with Gasteiger partial charge in [-0.3, -0.25) is 0 Å². The van der Waals surface area contributed by atoms with E-state index < -0.39 is 5.60 Å². The number of hydrogen-bond donors (Lipinski definition) is 2. The Bertz CT molecular complexity index is 631. The first-order chi connectivity index (χ1) is 11.0. The minimum absolute atomic E-state index is 0.0696. The average molecular weight is 311 g/mol. The van der Waals surface area contributed by atoms with E-state index in [0.29, 0.717) is 6.42 Å². The molecule has 0 heterocycles. The predicted molar refractivity (Wildman–Crippen MR) is 97.8 cm³/mol. The summed E-state index contributed by atoms with van der Waals surface area (Å²) in [5.74, 6) is 0. The van der Waals surface area contributed by atoms with Gasteiger partial charge in [0.15, 0.2) is 0 Å². The normalized spacial score (nSPS) is 14.0. The molecule has 0 spiro atoms. The Hall–Kier alpha value is -1.62. The number of hydrogen-bond acceptors (Lipinski definition) is 3. The number of aliphatic hydroxyl groups is 2. The first-order valence-electron chi connectivity index (χ1n) is 8.11. The van der Waals surface area contributed by atoms with Gasteiger partial charge in [0.2, 0.25) is 0 Å². The van der Waals surface area contributed by atoms with Gasteiger partial charge < -0.3 is 15.1 Å². The SMILES string of the molecule is Bc1ccc([C@](O)(CCCN(C)C)c2ccccc2)c(CO)c1. The van der Waals surface area contributed by atoms with Gasteiger partial charge in [0.1, 0.15) is 13.4 Å². The van der Waals surface area contributed by atoms with Crippen molar-refractivity contribution in [3.8, 4) is 0 Å². The molecule has 1 atom stereocenters. The lowest BCUT2D eigenvalue weighted by Crippen LogP contribution is -2.31. The van der Waals surface area contributed by atoms with E-state index in [4.69, 9.17) is 0 Å². The molecule has 3 nitrogen and oxygen atoms in total. The summed E-state index contributed by atoms with van der Waals surface area (Å²) in [5, 5.41) is 21.3. The van der Waals surface area contributed by atoms with Crippen LogP contribution in [0.2, 0.25) is 0 Å². The van der Waals surface area contributed by atoms with Crippen LogP contribution in [-0.4, -0.2) is 43.6 Å². The lowest BCUT2D eigenvalue weighted by Gasteiger charge is -2.32. The Labute approximate surface area is 140 Å². The largest absolute Gasteiger partial charge is 0.392 e. The molecule has 0 radical (unpaired) electrons. The molecule has 0 aliphatic carbocycles. The van der Waals surface area contributed by atoms with Crippen LogP contribution < -0.4 is 5.46 Å². The lowest BCUT2D eigenvalue weighted by molar-refractivity contribution is 0.0642. The van der Waals surface area contributed by atoms with Crippen molar-refractivity contribution < 1.29 is 10.2 Å². The summed E-state index contributed by atoms with van der Waals surface area (Å²) < 4.78 is 0. The van der Waals surface area contributed by atoms with E-state index in [2.05, 4.69) is 4.90 Å². The second-order valence-electron chi connectivity index (χ2n) is 6.45. The minimum atomic E-state index is -1.08. The van der Waals surface area contributed by atoms with Crippen LogP contribution in [-0.2, 0) is 12.2 Å². The van der Waals surface area contributed by atoms with E-state index in [1.807, 2.05) is 70.5 Å². The minimum Gasteiger partial charge on any atom is -0.392 e. The van der Waals surface area contributed by atoms with Crippen molar-refractivity contribution in [3.63, 3.8) is 0 Å². The van der Waals surface area contributed by atoms with Crippen LogP contribution in [0.5, 0.6) is 0 Å². The standard InChI is InChI=1S/C19H26BNO2/c1-21(2)12-6-11-19(23,16-7-4-3-5-8-16)18-10-9-17(20)13-15(18)14-22/h3-5,7-10,13,22-23H,6,11-12,14,20H2,1-2H3/t19-/m0/s1. The molecule has 0 saturated heterocycles. The summed E-state index contributed by atoms with van der Waals surface area (Å²) >= 11 is 0. The summed E-state index contributed by atoms with van der Waals surface area (Å²) in [6.07, 6.45) is 1.49. The summed E-state index contributed by atoms with van der Waals surface area (Å²) in [6, 6.07) is 15.6. The quantitative estimate of drug-likeness (QED) is 0.750. The highest BCUT2D eigenvalue weighted by Crippen LogP contribution is 2.35. The fourth-order valence-corrected chi connectivity index (χ4v) is 3.06. The Kier molecular flexibility index (Phi) is 6.00. The molecule has 0 saturated carbocycles. The van der Waals surface area contributed by atoms with Crippen LogP contribution in [0.25, 0.3) is 0 Å². The van der Waals surface area contributed by atoms with E-state index in [1.165, 1.54) is 0 Å². The monoisotopic (exact) mass is 311 g/mol. The maximum atomic E-state index is 11.5. The number of rotatable bonds is 7. The Morgan fingerprint density at radius 2 is 1.78 bits per heavy atom. The molecule has 0 fully saturated rings. The highest BCUT2D eigenvalue weighted by molar-refractivity contribution is 6.32. The first kappa shape index (κ1) is 17.7. The molecular weight excluding hydrogens is 285 g/mol. The maximum absolute atomic E-state index is 11.5. The van der Waals surface area contributed by atoms with E-state index in [0.717, 1.165) is 35.1 Å². The lowest BCUT2D eigenvalue weighted by atomic mass is 9.78. The third kappa shape index (κ3) is 4.22. The molecule has 0 amide bonds. The van der Waals surface area contributed by atoms with Gasteiger partial charge in [0.05, 0.1) is 6.61 Å². The Morgan fingerprint density at radius 1 is 1.09 bits per heavy atom. The molecule has 23 heavy (non-hydrogen) atoms. The molecule has 0 aliphatic rings. The van der Waals surface area contributed by atoms with Gasteiger partial charge in [0, 0.05) is 0 Å². The molecule has 2 rings (SSSR count). The second-order valence-corrected chi connectivity index (χ2v) is 6.45. The third-order valence-corrected chi connectivity index (χ3v) is 4.27. The van der Waals surface area contributed by atoms with Crippen LogP contribution >= 0.6 is 0 Å². The van der Waals surface area contributed by atoms with Gasteiger partial charge in [-0.25, -0.2) is 0 Å². The van der Waals surface area contributed by atoms with E-state index in [9.17, 15) is 10.2 Å². The van der Waals surface area contributed by atoms with Crippen molar-refractivity contribution >= 4 is 13.3 Å². The van der Waals surface area contributed by atoms with Crippen LogP contribution in [0.1, 0.15) is 29.5 Å². The van der Waals surface area contributed by atoms with Crippen molar-refractivity contribution in [2.24, 2.45) is 0 Å². The molecule has 4 heteroatoms. The summed E-state index contributed by atoms with van der Waals surface area (Å²) in [4.78, 5) is 2.12. The highest BCUT2D eigenvalue weighted by Gasteiger charge is 2.32. The van der Waals surface area contributed by atoms with E-state index in [1.54, 1.807) is 0 Å². The van der Waals surface area contributed by atoms with Crippen molar-refractivity contribution in [2.75, 3.05) is 20.6 Å². The Morgan fingerprint density at radius 3 is 2.39 bits per heavy atom. The molecule has 0 bridgehead atoms. The topological polar surface area (TPSA) is 43.7 Å². The zero-order valence-electron chi connectivity index (χ0n) is 14.3.